The number of hydrogen-bond donors (Lipinski definition) is 1. The van der Waals surface area contributed by atoms with Crippen LogP contribution >= 0.6 is 11.6 Å². The number of hydrogen-bond acceptors (Lipinski definition) is 4. The smallest absolute Gasteiger partial charge is 0.240 e. The first-order valence-electron chi connectivity index (χ1n) is 10.1. The quantitative estimate of drug-likeness (QED) is 0.620. The zero-order valence-corrected chi connectivity index (χ0v) is 18.4. The van der Waals surface area contributed by atoms with Crippen LogP contribution in [0.1, 0.15) is 16.7 Å². The number of nitrogens with zero attached hydrogens (tertiary/aromatic N) is 1. The van der Waals surface area contributed by atoms with E-state index in [4.69, 9.17) is 26.8 Å². The highest BCUT2D eigenvalue weighted by atomic mass is 35.5. The zero-order chi connectivity index (χ0) is 22.0. The lowest BCUT2D eigenvalue weighted by atomic mass is 10.00. The summed E-state index contributed by atoms with van der Waals surface area (Å²) >= 11 is 6.56. The van der Waals surface area contributed by atoms with Crippen molar-refractivity contribution in [1.82, 2.24) is 4.90 Å². The number of amides is 1. The van der Waals surface area contributed by atoms with Crippen LogP contribution < -0.4 is 15.2 Å². The van der Waals surface area contributed by atoms with E-state index in [1.54, 1.807) is 19.1 Å². The predicted molar refractivity (Wildman–Crippen MR) is 122 cm³/mol. The first-order chi connectivity index (χ1) is 15.0. The molecule has 2 N–H and O–H groups in total. The molecule has 160 valence electrons. The molecule has 0 bridgehead atoms. The Morgan fingerprint density at radius 2 is 1.58 bits per heavy atom. The summed E-state index contributed by atoms with van der Waals surface area (Å²) in [7, 11) is 3.21. The Morgan fingerprint density at radius 3 is 2.19 bits per heavy atom. The Hall–Kier alpha value is -3.02. The minimum Gasteiger partial charge on any atom is -0.493 e. The van der Waals surface area contributed by atoms with E-state index < -0.39 is 6.04 Å². The van der Waals surface area contributed by atoms with Crippen LogP contribution in [0.3, 0.4) is 0 Å². The van der Waals surface area contributed by atoms with Gasteiger partial charge >= 0.3 is 0 Å². The van der Waals surface area contributed by atoms with Crippen molar-refractivity contribution >= 4 is 17.5 Å². The number of ether oxygens (including phenoxy) is 2. The van der Waals surface area contributed by atoms with Crippen LogP contribution in [-0.4, -0.2) is 31.1 Å². The largest absolute Gasteiger partial charge is 0.493 e. The Kier molecular flexibility index (Phi) is 6.16. The minimum absolute atomic E-state index is 0.0590. The highest BCUT2D eigenvalue weighted by Crippen LogP contribution is 2.34. The standard InChI is InChI=1S/C25H25ClN2O3/c1-30-23-10-9-17(13-24(23)31-2)16-7-8-18(21(26)11-16)12-22(27)25(29)28-14-19-5-3-4-6-20(19)15-28/h3-11,13,22H,12,14-15,27H2,1-2H3. The van der Waals surface area contributed by atoms with E-state index in [1.165, 1.54) is 11.1 Å². The third-order valence-electron chi connectivity index (χ3n) is 5.68. The predicted octanol–water partition coefficient (Wildman–Crippen LogP) is 4.44. The number of rotatable bonds is 6. The van der Waals surface area contributed by atoms with E-state index in [-0.39, 0.29) is 5.91 Å². The molecule has 0 fully saturated rings. The van der Waals surface area contributed by atoms with Crippen LogP contribution in [0.15, 0.2) is 60.7 Å². The molecule has 0 saturated heterocycles. The number of methoxy groups -OCH3 is 2. The third kappa shape index (κ3) is 4.38. The number of halogens is 1. The molecular weight excluding hydrogens is 412 g/mol. The molecule has 1 aliphatic rings. The second kappa shape index (κ2) is 9.00. The van der Waals surface area contributed by atoms with Gasteiger partial charge < -0.3 is 20.1 Å². The van der Waals surface area contributed by atoms with Crippen LogP contribution in [0.2, 0.25) is 5.02 Å². The molecule has 0 aliphatic carbocycles. The molecule has 0 saturated carbocycles. The topological polar surface area (TPSA) is 64.8 Å². The fourth-order valence-corrected chi connectivity index (χ4v) is 4.21. The van der Waals surface area contributed by atoms with Gasteiger partial charge in [-0.1, -0.05) is 54.1 Å². The molecule has 0 aromatic heterocycles. The van der Waals surface area contributed by atoms with Gasteiger partial charge in [0.05, 0.1) is 20.3 Å². The van der Waals surface area contributed by atoms with Crippen molar-refractivity contribution < 1.29 is 14.3 Å². The number of nitrogens with two attached hydrogens (primary N) is 1. The average molecular weight is 437 g/mol. The SMILES string of the molecule is COc1ccc(-c2ccc(CC(N)C(=O)N3Cc4ccccc4C3)c(Cl)c2)cc1OC. The number of carbonyl (C=O) groups is 1. The molecule has 6 heteroatoms. The maximum atomic E-state index is 12.9. The molecule has 1 atom stereocenters. The van der Waals surface area contributed by atoms with Crippen LogP contribution in [0.4, 0.5) is 0 Å². The molecule has 3 aromatic carbocycles. The van der Waals surface area contributed by atoms with Gasteiger partial charge in [0.25, 0.3) is 0 Å². The van der Waals surface area contributed by atoms with Gasteiger partial charge in [-0.3, -0.25) is 4.79 Å². The molecule has 0 spiro atoms. The fraction of sp³-hybridized carbons (Fsp3) is 0.240. The number of benzene rings is 3. The second-order valence-corrected chi connectivity index (χ2v) is 8.06. The number of carbonyl (C=O) groups excluding carboxylic acids is 1. The molecule has 1 amide bonds. The Bertz CT molecular complexity index is 1090. The van der Waals surface area contributed by atoms with Gasteiger partial charge in [-0.05, 0) is 52.4 Å². The van der Waals surface area contributed by atoms with Crippen molar-refractivity contribution in [3.8, 4) is 22.6 Å². The van der Waals surface area contributed by atoms with Gasteiger partial charge in [-0.2, -0.15) is 0 Å². The van der Waals surface area contributed by atoms with E-state index >= 15 is 0 Å². The van der Waals surface area contributed by atoms with E-state index in [1.807, 2.05) is 48.5 Å². The van der Waals surface area contributed by atoms with Crippen molar-refractivity contribution in [2.45, 2.75) is 25.6 Å². The summed E-state index contributed by atoms with van der Waals surface area (Å²) in [5, 5.41) is 0.584. The van der Waals surface area contributed by atoms with Crippen molar-refractivity contribution in [2.24, 2.45) is 5.73 Å². The Morgan fingerprint density at radius 1 is 0.968 bits per heavy atom. The van der Waals surface area contributed by atoms with E-state index in [9.17, 15) is 4.79 Å². The first kappa shape index (κ1) is 21.2. The third-order valence-corrected chi connectivity index (χ3v) is 6.03. The van der Waals surface area contributed by atoms with Gasteiger partial charge in [0, 0.05) is 18.1 Å². The molecule has 3 aromatic rings. The van der Waals surface area contributed by atoms with E-state index in [0.29, 0.717) is 36.0 Å². The van der Waals surface area contributed by atoms with Gasteiger partial charge in [-0.15, -0.1) is 0 Å². The van der Waals surface area contributed by atoms with Crippen molar-refractivity contribution in [1.29, 1.82) is 0 Å². The molecule has 4 rings (SSSR count). The Balaban J connectivity index is 1.47. The lowest BCUT2D eigenvalue weighted by Crippen LogP contribution is -2.42. The summed E-state index contributed by atoms with van der Waals surface area (Å²) in [5.74, 6) is 1.26. The van der Waals surface area contributed by atoms with Gasteiger partial charge in [0.1, 0.15) is 0 Å². The monoisotopic (exact) mass is 436 g/mol. The van der Waals surface area contributed by atoms with Crippen LogP contribution in [-0.2, 0) is 24.3 Å². The Labute approximate surface area is 187 Å². The fourth-order valence-electron chi connectivity index (χ4n) is 3.96. The summed E-state index contributed by atoms with van der Waals surface area (Å²) in [6.07, 6.45) is 0.386. The summed E-state index contributed by atoms with van der Waals surface area (Å²) in [4.78, 5) is 14.7. The zero-order valence-electron chi connectivity index (χ0n) is 17.6. The molecule has 5 nitrogen and oxygen atoms in total. The lowest BCUT2D eigenvalue weighted by molar-refractivity contribution is -0.133. The van der Waals surface area contributed by atoms with E-state index in [0.717, 1.165) is 16.7 Å². The highest BCUT2D eigenvalue weighted by molar-refractivity contribution is 6.31. The average Bonchev–Trinajstić information content (AvgIpc) is 3.23. The van der Waals surface area contributed by atoms with Gasteiger partial charge in [-0.25, -0.2) is 0 Å². The molecule has 1 aliphatic heterocycles. The number of fused-ring (bicyclic) bond motifs is 1. The summed E-state index contributed by atoms with van der Waals surface area (Å²) in [5.41, 5.74) is 11.4. The second-order valence-electron chi connectivity index (χ2n) is 7.65. The maximum absolute atomic E-state index is 12.9. The van der Waals surface area contributed by atoms with Crippen molar-refractivity contribution in [3.05, 3.63) is 82.4 Å². The summed E-state index contributed by atoms with van der Waals surface area (Å²) in [6.45, 7) is 1.21. The first-order valence-corrected chi connectivity index (χ1v) is 10.5. The normalized spacial score (nSPS) is 13.6. The van der Waals surface area contributed by atoms with Crippen LogP contribution in [0.5, 0.6) is 11.5 Å². The lowest BCUT2D eigenvalue weighted by Gasteiger charge is -2.21. The van der Waals surface area contributed by atoms with Crippen LogP contribution in [0.25, 0.3) is 11.1 Å². The minimum atomic E-state index is -0.640. The molecular formula is C25H25ClN2O3. The molecule has 31 heavy (non-hydrogen) atoms. The molecule has 1 heterocycles. The highest BCUT2D eigenvalue weighted by Gasteiger charge is 2.27. The summed E-state index contributed by atoms with van der Waals surface area (Å²) < 4.78 is 10.7. The van der Waals surface area contributed by atoms with Crippen LogP contribution in [0, 0.1) is 0 Å². The molecule has 1 unspecified atom stereocenters. The van der Waals surface area contributed by atoms with Crippen molar-refractivity contribution in [2.75, 3.05) is 14.2 Å². The van der Waals surface area contributed by atoms with Crippen molar-refractivity contribution in [3.63, 3.8) is 0 Å². The molecule has 0 radical (unpaired) electrons. The summed E-state index contributed by atoms with van der Waals surface area (Å²) in [6, 6.07) is 19.0. The van der Waals surface area contributed by atoms with E-state index in [2.05, 4.69) is 12.1 Å². The van der Waals surface area contributed by atoms with Gasteiger partial charge in [0.15, 0.2) is 11.5 Å². The maximum Gasteiger partial charge on any atom is 0.240 e. The van der Waals surface area contributed by atoms with Gasteiger partial charge in [0.2, 0.25) is 5.91 Å².